The van der Waals surface area contributed by atoms with E-state index in [0.29, 0.717) is 30.8 Å². The molecule has 4 heteroatoms. The Morgan fingerprint density at radius 3 is 2.30 bits per heavy atom. The van der Waals surface area contributed by atoms with Gasteiger partial charge in [-0.3, -0.25) is 0 Å². The first-order valence-electron chi connectivity index (χ1n) is 8.91. The topological polar surface area (TPSA) is 38.7 Å². The van der Waals surface area contributed by atoms with Crippen LogP contribution in [-0.2, 0) is 19.4 Å². The number of rotatable bonds is 8. The van der Waals surface area contributed by atoms with E-state index >= 15 is 0 Å². The van der Waals surface area contributed by atoms with E-state index in [4.69, 9.17) is 9.47 Å². The standard InChI is InChI=1S/C23H23FO3/c1-26-20-9-7-17(8-10-20)13-21-22(24)14-19(11-12-25)15-23(21)27-16-18-5-3-2-4-6-18/h2-10,14-15,25H,11-13,16H2,1H3. The lowest BCUT2D eigenvalue weighted by atomic mass is 10.0. The highest BCUT2D eigenvalue weighted by molar-refractivity contribution is 5.43. The summed E-state index contributed by atoms with van der Waals surface area (Å²) < 4.78 is 25.9. The molecule has 0 radical (unpaired) electrons. The summed E-state index contributed by atoms with van der Waals surface area (Å²) >= 11 is 0. The molecule has 140 valence electrons. The van der Waals surface area contributed by atoms with E-state index in [1.807, 2.05) is 60.7 Å². The number of methoxy groups -OCH3 is 1. The van der Waals surface area contributed by atoms with Gasteiger partial charge in [0.15, 0.2) is 0 Å². The van der Waals surface area contributed by atoms with Crippen LogP contribution in [0, 0.1) is 5.82 Å². The zero-order chi connectivity index (χ0) is 19.1. The van der Waals surface area contributed by atoms with Gasteiger partial charge in [-0.25, -0.2) is 4.39 Å². The molecule has 0 aliphatic rings. The largest absolute Gasteiger partial charge is 0.497 e. The molecule has 27 heavy (non-hydrogen) atoms. The fourth-order valence-corrected chi connectivity index (χ4v) is 2.92. The van der Waals surface area contributed by atoms with Crippen molar-refractivity contribution < 1.29 is 19.0 Å². The summed E-state index contributed by atoms with van der Waals surface area (Å²) in [6.45, 7) is 0.327. The van der Waals surface area contributed by atoms with E-state index in [1.54, 1.807) is 7.11 Å². The van der Waals surface area contributed by atoms with Crippen molar-refractivity contribution in [3.63, 3.8) is 0 Å². The molecule has 0 aromatic heterocycles. The quantitative estimate of drug-likeness (QED) is 0.636. The van der Waals surface area contributed by atoms with E-state index in [2.05, 4.69) is 0 Å². The van der Waals surface area contributed by atoms with Crippen LogP contribution >= 0.6 is 0 Å². The van der Waals surface area contributed by atoms with Crippen molar-refractivity contribution in [2.45, 2.75) is 19.4 Å². The molecule has 0 fully saturated rings. The maximum atomic E-state index is 14.8. The Labute approximate surface area is 159 Å². The zero-order valence-electron chi connectivity index (χ0n) is 15.3. The van der Waals surface area contributed by atoms with Crippen molar-refractivity contribution in [1.82, 2.24) is 0 Å². The highest BCUT2D eigenvalue weighted by atomic mass is 19.1. The molecule has 3 rings (SSSR count). The molecule has 1 N–H and O–H groups in total. The van der Waals surface area contributed by atoms with Crippen LogP contribution in [0.2, 0.25) is 0 Å². The first-order valence-corrected chi connectivity index (χ1v) is 8.91. The summed E-state index contributed by atoms with van der Waals surface area (Å²) in [7, 11) is 1.62. The molecular formula is C23H23FO3. The van der Waals surface area contributed by atoms with Crippen LogP contribution in [0.25, 0.3) is 0 Å². The van der Waals surface area contributed by atoms with Crippen LogP contribution in [0.15, 0.2) is 66.7 Å². The Hall–Kier alpha value is -2.85. The second-order valence-corrected chi connectivity index (χ2v) is 6.33. The normalized spacial score (nSPS) is 10.6. The van der Waals surface area contributed by atoms with Crippen molar-refractivity contribution in [2.24, 2.45) is 0 Å². The summed E-state index contributed by atoms with van der Waals surface area (Å²) in [5.74, 6) is 0.955. The Bertz CT molecular complexity index is 861. The molecular weight excluding hydrogens is 343 g/mol. The van der Waals surface area contributed by atoms with Gasteiger partial charge in [-0.05, 0) is 47.4 Å². The minimum Gasteiger partial charge on any atom is -0.497 e. The van der Waals surface area contributed by atoms with Crippen molar-refractivity contribution in [2.75, 3.05) is 13.7 Å². The van der Waals surface area contributed by atoms with Crippen molar-refractivity contribution in [3.8, 4) is 11.5 Å². The van der Waals surface area contributed by atoms with E-state index in [9.17, 15) is 9.50 Å². The van der Waals surface area contributed by atoms with Crippen LogP contribution in [0.1, 0.15) is 22.3 Å². The molecule has 0 saturated heterocycles. The molecule has 0 atom stereocenters. The third-order valence-electron chi connectivity index (χ3n) is 4.39. The van der Waals surface area contributed by atoms with Crippen LogP contribution < -0.4 is 9.47 Å². The van der Waals surface area contributed by atoms with Crippen LogP contribution in [0.3, 0.4) is 0 Å². The van der Waals surface area contributed by atoms with Gasteiger partial charge in [0.1, 0.15) is 23.9 Å². The molecule has 0 heterocycles. The van der Waals surface area contributed by atoms with Crippen molar-refractivity contribution >= 4 is 0 Å². The summed E-state index contributed by atoms with van der Waals surface area (Å²) in [6, 6.07) is 20.6. The molecule has 0 bridgehead atoms. The Kier molecular flexibility index (Phi) is 6.44. The SMILES string of the molecule is COc1ccc(Cc2c(F)cc(CCO)cc2OCc2ccccc2)cc1. The van der Waals surface area contributed by atoms with Gasteiger partial charge in [0.2, 0.25) is 0 Å². The fraction of sp³-hybridized carbons (Fsp3) is 0.217. The number of benzene rings is 3. The molecule has 0 unspecified atom stereocenters. The van der Waals surface area contributed by atoms with Crippen LogP contribution in [-0.4, -0.2) is 18.8 Å². The van der Waals surface area contributed by atoms with Gasteiger partial charge in [0.25, 0.3) is 0 Å². The average Bonchev–Trinajstić information content (AvgIpc) is 2.70. The van der Waals surface area contributed by atoms with Crippen molar-refractivity contribution in [1.29, 1.82) is 0 Å². The monoisotopic (exact) mass is 366 g/mol. The minimum atomic E-state index is -0.320. The second kappa shape index (κ2) is 9.19. The molecule has 0 aliphatic carbocycles. The van der Waals surface area contributed by atoms with E-state index < -0.39 is 0 Å². The molecule has 0 amide bonds. The summed E-state index contributed by atoms with van der Waals surface area (Å²) in [4.78, 5) is 0. The Morgan fingerprint density at radius 2 is 1.63 bits per heavy atom. The summed E-state index contributed by atoms with van der Waals surface area (Å²) in [6.07, 6.45) is 0.806. The lowest BCUT2D eigenvalue weighted by Gasteiger charge is -2.15. The number of ether oxygens (including phenoxy) is 2. The molecule has 3 nitrogen and oxygen atoms in total. The maximum Gasteiger partial charge on any atom is 0.130 e. The third kappa shape index (κ3) is 5.08. The highest BCUT2D eigenvalue weighted by Crippen LogP contribution is 2.28. The van der Waals surface area contributed by atoms with Crippen LogP contribution in [0.4, 0.5) is 4.39 Å². The van der Waals surface area contributed by atoms with E-state index in [1.165, 1.54) is 6.07 Å². The van der Waals surface area contributed by atoms with Crippen LogP contribution in [0.5, 0.6) is 11.5 Å². The predicted molar refractivity (Wildman–Crippen MR) is 104 cm³/mol. The smallest absolute Gasteiger partial charge is 0.130 e. The summed E-state index contributed by atoms with van der Waals surface area (Å²) in [5, 5.41) is 9.19. The van der Waals surface area contributed by atoms with Gasteiger partial charge < -0.3 is 14.6 Å². The van der Waals surface area contributed by atoms with Crippen molar-refractivity contribution in [3.05, 3.63) is 94.8 Å². The predicted octanol–water partition coefficient (Wildman–Crippen LogP) is 4.54. The molecule has 3 aromatic rings. The number of hydrogen-bond acceptors (Lipinski definition) is 3. The van der Waals surface area contributed by atoms with Gasteiger partial charge >= 0.3 is 0 Å². The second-order valence-electron chi connectivity index (χ2n) is 6.33. The first-order chi connectivity index (χ1) is 13.2. The number of aliphatic hydroxyl groups is 1. The molecule has 3 aromatic carbocycles. The Morgan fingerprint density at radius 1 is 0.889 bits per heavy atom. The summed E-state index contributed by atoms with van der Waals surface area (Å²) in [5.41, 5.74) is 3.21. The lowest BCUT2D eigenvalue weighted by Crippen LogP contribution is -2.04. The van der Waals surface area contributed by atoms with Gasteiger partial charge in [-0.15, -0.1) is 0 Å². The van der Waals surface area contributed by atoms with Gasteiger partial charge in [0.05, 0.1) is 7.11 Å². The number of hydrogen-bond donors (Lipinski definition) is 1. The highest BCUT2D eigenvalue weighted by Gasteiger charge is 2.14. The molecule has 0 spiro atoms. The van der Waals surface area contributed by atoms with Gasteiger partial charge in [0, 0.05) is 18.6 Å². The van der Waals surface area contributed by atoms with E-state index in [0.717, 1.165) is 22.4 Å². The fourth-order valence-electron chi connectivity index (χ4n) is 2.92. The zero-order valence-corrected chi connectivity index (χ0v) is 15.3. The first kappa shape index (κ1) is 18.9. The molecule has 0 saturated carbocycles. The average molecular weight is 366 g/mol. The molecule has 0 aliphatic heterocycles. The number of aliphatic hydroxyl groups excluding tert-OH is 1. The van der Waals surface area contributed by atoms with Gasteiger partial charge in [-0.2, -0.15) is 0 Å². The lowest BCUT2D eigenvalue weighted by molar-refractivity contribution is 0.294. The maximum absolute atomic E-state index is 14.8. The minimum absolute atomic E-state index is 0.0323. The van der Waals surface area contributed by atoms with Gasteiger partial charge in [-0.1, -0.05) is 42.5 Å². The number of halogens is 1. The van der Waals surface area contributed by atoms with E-state index in [-0.39, 0.29) is 12.4 Å². The third-order valence-corrected chi connectivity index (χ3v) is 4.39. The Balaban J connectivity index is 1.87.